The van der Waals surface area contributed by atoms with Gasteiger partial charge in [0.2, 0.25) is 5.89 Å². The Morgan fingerprint density at radius 2 is 1.41 bits per heavy atom. The molecule has 0 amide bonds. The van der Waals surface area contributed by atoms with Gasteiger partial charge in [-0.1, -0.05) is 89.2 Å². The van der Waals surface area contributed by atoms with Gasteiger partial charge in [-0.3, -0.25) is 0 Å². The van der Waals surface area contributed by atoms with Gasteiger partial charge in [-0.25, -0.2) is 4.98 Å². The maximum absolute atomic E-state index is 6.34. The van der Waals surface area contributed by atoms with Gasteiger partial charge in [0, 0.05) is 16.5 Å². The summed E-state index contributed by atoms with van der Waals surface area (Å²) in [6.07, 6.45) is 1.03. The Morgan fingerprint density at radius 1 is 0.793 bits per heavy atom. The van der Waals surface area contributed by atoms with Crippen LogP contribution in [0.5, 0.6) is 0 Å². The smallest absolute Gasteiger partial charge is 0.227 e. The van der Waals surface area contributed by atoms with E-state index in [1.54, 1.807) is 0 Å². The van der Waals surface area contributed by atoms with Crippen LogP contribution in [0.15, 0.2) is 77.2 Å². The van der Waals surface area contributed by atoms with Crippen LogP contribution in [0.2, 0.25) is 0 Å². The molecule has 2 nitrogen and oxygen atoms in total. The lowest BCUT2D eigenvalue weighted by Gasteiger charge is -2.29. The van der Waals surface area contributed by atoms with E-state index in [1.807, 2.05) is 30.3 Å². The molecular weight excluding hydrogens is 355 g/mol. The van der Waals surface area contributed by atoms with E-state index in [9.17, 15) is 0 Å². The summed E-state index contributed by atoms with van der Waals surface area (Å²) >= 11 is 0. The molecule has 0 spiro atoms. The SMILES string of the molecule is CCC(C)(C)c1cc(C(C)(C)c2ccccc2)cc2n[13c](-c3ccccc3)oc12. The van der Waals surface area contributed by atoms with Crippen molar-refractivity contribution >= 4 is 11.1 Å². The van der Waals surface area contributed by atoms with Gasteiger partial charge in [0.1, 0.15) is 5.52 Å². The average Bonchev–Trinajstić information content (AvgIpc) is 3.18. The largest absolute Gasteiger partial charge is 0.436 e. The molecule has 0 radical (unpaired) electrons. The molecule has 0 saturated heterocycles. The average molecular weight is 385 g/mol. The number of rotatable bonds is 5. The standard InChI is InChI=1S/C27H29NO/c1-6-26(2,3)22-17-21(27(4,5)20-15-11-8-12-16-20)18-23-24(22)29-25(28-23)19-13-9-7-10-14-19/h7-18H,6H2,1-5H3/i25+1. The number of hydrogen-bond donors (Lipinski definition) is 0. The Morgan fingerprint density at radius 3 is 2.03 bits per heavy atom. The van der Waals surface area contributed by atoms with E-state index >= 15 is 0 Å². The number of hydrogen-bond acceptors (Lipinski definition) is 2. The summed E-state index contributed by atoms with van der Waals surface area (Å²) < 4.78 is 6.34. The zero-order valence-electron chi connectivity index (χ0n) is 18.0. The molecular formula is C27H29NO. The molecule has 0 fully saturated rings. The molecule has 0 atom stereocenters. The first-order valence-electron chi connectivity index (χ1n) is 10.4. The minimum atomic E-state index is -0.125. The highest BCUT2D eigenvalue weighted by atomic mass is 16.4. The summed E-state index contributed by atoms with van der Waals surface area (Å²) in [5.41, 5.74) is 6.50. The first kappa shape index (κ1) is 19.4. The fraction of sp³-hybridized carbons (Fsp3) is 0.296. The molecule has 148 valence electrons. The Labute approximate surface area is 173 Å². The van der Waals surface area contributed by atoms with Gasteiger partial charge in [0.05, 0.1) is 0 Å². The van der Waals surface area contributed by atoms with Crippen molar-refractivity contribution in [2.24, 2.45) is 0 Å². The van der Waals surface area contributed by atoms with Gasteiger partial charge >= 0.3 is 0 Å². The third-order valence-electron chi connectivity index (χ3n) is 6.34. The zero-order chi connectivity index (χ0) is 20.6. The third-order valence-corrected chi connectivity index (χ3v) is 6.34. The second kappa shape index (κ2) is 7.18. The second-order valence-electron chi connectivity index (χ2n) is 8.99. The third kappa shape index (κ3) is 3.48. The van der Waals surface area contributed by atoms with Crippen molar-refractivity contribution in [3.8, 4) is 11.5 Å². The van der Waals surface area contributed by atoms with E-state index < -0.39 is 0 Å². The molecule has 4 rings (SSSR count). The van der Waals surface area contributed by atoms with Gasteiger partial charge in [0.15, 0.2) is 5.58 Å². The summed E-state index contributed by atoms with van der Waals surface area (Å²) in [5, 5.41) is 0. The molecule has 29 heavy (non-hydrogen) atoms. The Balaban J connectivity index is 1.96. The predicted molar refractivity (Wildman–Crippen MR) is 121 cm³/mol. The number of benzene rings is 3. The fourth-order valence-corrected chi connectivity index (χ4v) is 3.81. The van der Waals surface area contributed by atoms with Crippen molar-refractivity contribution in [2.75, 3.05) is 0 Å². The molecule has 1 heterocycles. The van der Waals surface area contributed by atoms with Gasteiger partial charge in [-0.15, -0.1) is 0 Å². The minimum absolute atomic E-state index is 0.00544. The maximum atomic E-state index is 6.34. The van der Waals surface area contributed by atoms with E-state index in [0.29, 0.717) is 5.89 Å². The van der Waals surface area contributed by atoms with Crippen LogP contribution in [-0.2, 0) is 10.8 Å². The molecule has 0 saturated carbocycles. The van der Waals surface area contributed by atoms with Crippen molar-refractivity contribution < 1.29 is 4.42 Å². The number of aromatic nitrogens is 1. The molecule has 3 aromatic carbocycles. The fourth-order valence-electron chi connectivity index (χ4n) is 3.81. The molecule has 0 aliphatic carbocycles. The van der Waals surface area contributed by atoms with E-state index in [1.165, 1.54) is 16.7 Å². The van der Waals surface area contributed by atoms with E-state index in [2.05, 4.69) is 77.1 Å². The highest BCUT2D eigenvalue weighted by molar-refractivity contribution is 5.82. The van der Waals surface area contributed by atoms with Crippen LogP contribution in [0.25, 0.3) is 22.6 Å². The minimum Gasteiger partial charge on any atom is -0.436 e. The Bertz CT molecular complexity index is 1120. The van der Waals surface area contributed by atoms with Crippen molar-refractivity contribution in [1.29, 1.82) is 0 Å². The molecule has 0 bridgehead atoms. The maximum Gasteiger partial charge on any atom is 0.227 e. The van der Waals surface area contributed by atoms with Crippen LogP contribution in [0.4, 0.5) is 0 Å². The van der Waals surface area contributed by atoms with Crippen molar-refractivity contribution in [1.82, 2.24) is 4.98 Å². The quantitative estimate of drug-likeness (QED) is 0.356. The van der Waals surface area contributed by atoms with Crippen molar-refractivity contribution in [3.63, 3.8) is 0 Å². The molecule has 0 aliphatic heterocycles. The zero-order valence-corrected chi connectivity index (χ0v) is 18.0. The summed E-state index contributed by atoms with van der Waals surface area (Å²) in [7, 11) is 0. The Hall–Kier alpha value is -2.87. The summed E-state index contributed by atoms with van der Waals surface area (Å²) in [4.78, 5) is 4.89. The van der Waals surface area contributed by atoms with E-state index in [4.69, 9.17) is 9.40 Å². The highest BCUT2D eigenvalue weighted by Gasteiger charge is 2.30. The van der Waals surface area contributed by atoms with Crippen LogP contribution in [-0.4, -0.2) is 4.98 Å². The predicted octanol–water partition coefficient (Wildman–Crippen LogP) is 7.51. The lowest BCUT2D eigenvalue weighted by Crippen LogP contribution is -2.22. The van der Waals surface area contributed by atoms with Gasteiger partial charge < -0.3 is 4.42 Å². The highest BCUT2D eigenvalue weighted by Crippen LogP contribution is 2.40. The van der Waals surface area contributed by atoms with Crippen LogP contribution in [0.1, 0.15) is 57.7 Å². The van der Waals surface area contributed by atoms with Crippen LogP contribution in [0.3, 0.4) is 0 Å². The lowest BCUT2D eigenvalue weighted by molar-refractivity contribution is 0.495. The van der Waals surface area contributed by atoms with Gasteiger partial charge in [-0.05, 0) is 41.2 Å². The van der Waals surface area contributed by atoms with E-state index in [-0.39, 0.29) is 10.8 Å². The molecule has 4 aromatic rings. The van der Waals surface area contributed by atoms with Crippen LogP contribution >= 0.6 is 0 Å². The summed E-state index contributed by atoms with van der Waals surface area (Å²) in [5.74, 6) is 0.684. The molecule has 0 aliphatic rings. The summed E-state index contributed by atoms with van der Waals surface area (Å²) in [6.45, 7) is 11.4. The molecule has 2 heteroatoms. The van der Waals surface area contributed by atoms with Gasteiger partial charge in [-0.2, -0.15) is 0 Å². The van der Waals surface area contributed by atoms with Crippen LogP contribution in [0, 0.1) is 0 Å². The second-order valence-corrected chi connectivity index (χ2v) is 8.99. The summed E-state index contributed by atoms with van der Waals surface area (Å²) in [6, 6.07) is 25.4. The van der Waals surface area contributed by atoms with Crippen LogP contribution < -0.4 is 0 Å². The number of oxazole rings is 1. The molecule has 0 unspecified atom stereocenters. The van der Waals surface area contributed by atoms with Crippen molar-refractivity contribution in [2.45, 2.75) is 51.9 Å². The Kier molecular flexibility index (Phi) is 4.82. The lowest BCUT2D eigenvalue weighted by atomic mass is 9.74. The normalized spacial score (nSPS) is 12.4. The first-order valence-corrected chi connectivity index (χ1v) is 10.4. The molecule has 1 aromatic heterocycles. The first-order chi connectivity index (χ1) is 13.8. The van der Waals surface area contributed by atoms with E-state index in [0.717, 1.165) is 23.1 Å². The van der Waals surface area contributed by atoms with Gasteiger partial charge in [0.25, 0.3) is 0 Å². The number of nitrogens with zero attached hydrogens (tertiary/aromatic N) is 1. The molecule has 0 N–H and O–H groups in total. The number of fused-ring (bicyclic) bond motifs is 1. The van der Waals surface area contributed by atoms with Crippen molar-refractivity contribution in [3.05, 3.63) is 89.5 Å². The monoisotopic (exact) mass is 384 g/mol. The topological polar surface area (TPSA) is 26.0 Å².